The summed E-state index contributed by atoms with van der Waals surface area (Å²) in [6.45, 7) is 20.5. The van der Waals surface area contributed by atoms with Crippen molar-refractivity contribution >= 4 is 11.4 Å². The maximum Gasteiger partial charge on any atom is 0.129 e. The van der Waals surface area contributed by atoms with Crippen LogP contribution in [0.1, 0.15) is 84.3 Å². The van der Waals surface area contributed by atoms with Crippen molar-refractivity contribution in [2.24, 2.45) is 0 Å². The largest absolute Gasteiger partial charge is 0.372 e. The van der Waals surface area contributed by atoms with Crippen LogP contribution in [0.5, 0.6) is 0 Å². The van der Waals surface area contributed by atoms with Crippen LogP contribution in [-0.4, -0.2) is 31.1 Å². The summed E-state index contributed by atoms with van der Waals surface area (Å²) in [5, 5.41) is 0. The minimum atomic E-state index is -0.517. The second kappa shape index (κ2) is 15.5. The predicted molar refractivity (Wildman–Crippen MR) is 141 cm³/mol. The first-order chi connectivity index (χ1) is 16.0. The highest BCUT2D eigenvalue weighted by Crippen LogP contribution is 2.33. The SMILES string of the molecule is C=C(c1cccc(N(CCC)CCC)c1)N1CCC(c2ccc(F)cc2F)CC1.CC.CC. The molecule has 0 aliphatic carbocycles. The van der Waals surface area contributed by atoms with E-state index in [4.69, 9.17) is 0 Å². The molecular weight excluding hydrogens is 414 g/mol. The Morgan fingerprint density at radius 3 is 2.09 bits per heavy atom. The van der Waals surface area contributed by atoms with Gasteiger partial charge in [-0.05, 0) is 60.9 Å². The zero-order chi connectivity index (χ0) is 24.8. The molecule has 33 heavy (non-hydrogen) atoms. The summed E-state index contributed by atoms with van der Waals surface area (Å²) >= 11 is 0. The number of halogens is 2. The predicted octanol–water partition coefficient (Wildman–Crippen LogP) is 8.49. The first kappa shape index (κ1) is 28.7. The van der Waals surface area contributed by atoms with E-state index in [1.54, 1.807) is 6.07 Å². The molecular formula is C29H44F2N2. The Morgan fingerprint density at radius 2 is 1.55 bits per heavy atom. The molecule has 3 rings (SSSR count). The van der Waals surface area contributed by atoms with Crippen molar-refractivity contribution in [3.05, 3.63) is 71.8 Å². The molecule has 2 aromatic carbocycles. The van der Waals surface area contributed by atoms with Crippen LogP contribution in [0.4, 0.5) is 14.5 Å². The highest BCUT2D eigenvalue weighted by atomic mass is 19.1. The molecule has 0 aromatic heterocycles. The van der Waals surface area contributed by atoms with Crippen LogP contribution in [0.15, 0.2) is 49.0 Å². The van der Waals surface area contributed by atoms with Gasteiger partial charge in [0.2, 0.25) is 0 Å². The van der Waals surface area contributed by atoms with E-state index >= 15 is 0 Å². The molecule has 1 heterocycles. The number of anilines is 1. The lowest BCUT2D eigenvalue weighted by Crippen LogP contribution is -2.31. The number of piperidine rings is 1. The molecule has 2 aromatic rings. The van der Waals surface area contributed by atoms with E-state index in [1.807, 2.05) is 27.7 Å². The zero-order valence-corrected chi connectivity index (χ0v) is 21.6. The van der Waals surface area contributed by atoms with E-state index in [9.17, 15) is 8.78 Å². The zero-order valence-electron chi connectivity index (χ0n) is 21.6. The van der Waals surface area contributed by atoms with E-state index in [2.05, 4.69) is 54.5 Å². The summed E-state index contributed by atoms with van der Waals surface area (Å²) < 4.78 is 27.3. The molecule has 1 aliphatic rings. The number of hydrogen-bond acceptors (Lipinski definition) is 2. The van der Waals surface area contributed by atoms with Crippen molar-refractivity contribution in [1.82, 2.24) is 4.90 Å². The Kier molecular flexibility index (Phi) is 13.4. The fourth-order valence-corrected chi connectivity index (χ4v) is 4.27. The van der Waals surface area contributed by atoms with Gasteiger partial charge in [-0.2, -0.15) is 0 Å². The number of rotatable bonds is 8. The Balaban J connectivity index is 0.00000129. The second-order valence-electron chi connectivity index (χ2n) is 7.91. The van der Waals surface area contributed by atoms with E-state index in [-0.39, 0.29) is 5.92 Å². The van der Waals surface area contributed by atoms with E-state index in [1.165, 1.54) is 11.8 Å². The summed E-state index contributed by atoms with van der Waals surface area (Å²) in [6.07, 6.45) is 3.94. The molecule has 0 amide bonds. The monoisotopic (exact) mass is 458 g/mol. The standard InChI is InChI=1S/C25H32F2N2.2C2H6/c1-4-13-29(14-5-2)23-8-6-7-21(17-23)19(3)28-15-11-20(12-16-28)24-10-9-22(26)18-25(24)27;2*1-2/h6-10,17-18,20H,3-5,11-16H2,1-2H3;2*1-2H3. The van der Waals surface area contributed by atoms with Crippen molar-refractivity contribution in [1.29, 1.82) is 0 Å². The molecule has 184 valence electrons. The van der Waals surface area contributed by atoms with Crippen LogP contribution in [0, 0.1) is 11.6 Å². The Morgan fingerprint density at radius 1 is 0.939 bits per heavy atom. The lowest BCUT2D eigenvalue weighted by atomic mass is 9.88. The van der Waals surface area contributed by atoms with E-state index in [0.717, 1.165) is 69.2 Å². The summed E-state index contributed by atoms with van der Waals surface area (Å²) in [5.41, 5.74) is 4.05. The number of hydrogen-bond donors (Lipinski definition) is 0. The van der Waals surface area contributed by atoms with Gasteiger partial charge in [0.05, 0.1) is 0 Å². The van der Waals surface area contributed by atoms with Gasteiger partial charge < -0.3 is 9.80 Å². The second-order valence-corrected chi connectivity index (χ2v) is 7.91. The normalized spacial score (nSPS) is 13.4. The van der Waals surface area contributed by atoms with Crippen LogP contribution in [0.3, 0.4) is 0 Å². The molecule has 1 fully saturated rings. The van der Waals surface area contributed by atoms with Crippen molar-refractivity contribution < 1.29 is 8.78 Å². The van der Waals surface area contributed by atoms with Gasteiger partial charge in [0.25, 0.3) is 0 Å². The molecule has 0 spiro atoms. The number of nitrogens with zero attached hydrogens (tertiary/aromatic N) is 2. The Hall–Kier alpha value is -2.36. The van der Waals surface area contributed by atoms with Gasteiger partial charge in [0.15, 0.2) is 0 Å². The van der Waals surface area contributed by atoms with Gasteiger partial charge in [-0.1, -0.05) is 66.3 Å². The third-order valence-corrected chi connectivity index (χ3v) is 5.81. The third kappa shape index (κ3) is 8.17. The smallest absolute Gasteiger partial charge is 0.129 e. The van der Waals surface area contributed by atoms with Crippen LogP contribution in [0.25, 0.3) is 5.70 Å². The Bertz CT molecular complexity index is 820. The van der Waals surface area contributed by atoms with Gasteiger partial charge in [0, 0.05) is 43.6 Å². The van der Waals surface area contributed by atoms with E-state index in [0.29, 0.717) is 5.56 Å². The van der Waals surface area contributed by atoms with Gasteiger partial charge >= 0.3 is 0 Å². The lowest BCUT2D eigenvalue weighted by molar-refractivity contribution is 0.295. The molecule has 0 atom stereocenters. The number of benzene rings is 2. The minimum absolute atomic E-state index is 0.135. The van der Waals surface area contributed by atoms with Gasteiger partial charge in [0.1, 0.15) is 11.6 Å². The van der Waals surface area contributed by atoms with Crippen molar-refractivity contribution in [3.8, 4) is 0 Å². The van der Waals surface area contributed by atoms with Crippen LogP contribution in [-0.2, 0) is 0 Å². The first-order valence-corrected chi connectivity index (χ1v) is 12.8. The first-order valence-electron chi connectivity index (χ1n) is 12.8. The van der Waals surface area contributed by atoms with Crippen molar-refractivity contribution in [2.45, 2.75) is 73.1 Å². The molecule has 2 nitrogen and oxygen atoms in total. The quantitative estimate of drug-likeness (QED) is 0.391. The average Bonchev–Trinajstić information content (AvgIpc) is 2.86. The topological polar surface area (TPSA) is 6.48 Å². The van der Waals surface area contributed by atoms with Crippen molar-refractivity contribution in [3.63, 3.8) is 0 Å². The van der Waals surface area contributed by atoms with Gasteiger partial charge in [-0.3, -0.25) is 0 Å². The van der Waals surface area contributed by atoms with Gasteiger partial charge in [-0.15, -0.1) is 0 Å². The summed E-state index contributed by atoms with van der Waals surface area (Å²) in [6, 6.07) is 12.6. The molecule has 1 saturated heterocycles. The highest BCUT2D eigenvalue weighted by Gasteiger charge is 2.24. The Labute approximate surface area is 201 Å². The lowest BCUT2D eigenvalue weighted by Gasteiger charge is -2.35. The van der Waals surface area contributed by atoms with Crippen molar-refractivity contribution in [2.75, 3.05) is 31.1 Å². The fourth-order valence-electron chi connectivity index (χ4n) is 4.27. The molecule has 4 heteroatoms. The maximum absolute atomic E-state index is 14.1. The summed E-state index contributed by atoms with van der Waals surface area (Å²) in [7, 11) is 0. The average molecular weight is 459 g/mol. The number of likely N-dealkylation sites (tertiary alicyclic amines) is 1. The molecule has 0 bridgehead atoms. The highest BCUT2D eigenvalue weighted by molar-refractivity contribution is 5.66. The molecule has 1 aliphatic heterocycles. The third-order valence-electron chi connectivity index (χ3n) is 5.81. The summed E-state index contributed by atoms with van der Waals surface area (Å²) in [4.78, 5) is 4.72. The maximum atomic E-state index is 14.1. The molecule has 0 saturated carbocycles. The molecule has 0 N–H and O–H groups in total. The van der Waals surface area contributed by atoms with Gasteiger partial charge in [-0.25, -0.2) is 8.78 Å². The van der Waals surface area contributed by atoms with Crippen LogP contribution >= 0.6 is 0 Å². The minimum Gasteiger partial charge on any atom is -0.372 e. The fraction of sp³-hybridized carbons (Fsp3) is 0.517. The molecule has 0 radical (unpaired) electrons. The molecule has 0 unspecified atom stereocenters. The van der Waals surface area contributed by atoms with Crippen LogP contribution in [0.2, 0.25) is 0 Å². The van der Waals surface area contributed by atoms with E-state index < -0.39 is 11.6 Å². The van der Waals surface area contributed by atoms with Crippen LogP contribution < -0.4 is 4.90 Å². The summed E-state index contributed by atoms with van der Waals surface area (Å²) in [5.74, 6) is -0.811.